The average Bonchev–Trinajstić information content (AvgIpc) is 2.21. The summed E-state index contributed by atoms with van der Waals surface area (Å²) < 4.78 is 0. The minimum atomic E-state index is -0.102. The Morgan fingerprint density at radius 3 is 2.88 bits per heavy atom. The molecule has 0 aromatic heterocycles. The number of nitrogens with one attached hydrogen (secondary N) is 1. The van der Waals surface area contributed by atoms with Crippen LogP contribution in [0.2, 0.25) is 5.02 Å². The van der Waals surface area contributed by atoms with Gasteiger partial charge in [0.1, 0.15) is 4.99 Å². The molecule has 0 aliphatic carbocycles. The van der Waals surface area contributed by atoms with Crippen molar-refractivity contribution < 1.29 is 4.79 Å². The quantitative estimate of drug-likeness (QED) is 0.827. The number of thiocarbonyl (C=S) groups is 1. The molecule has 16 heavy (non-hydrogen) atoms. The van der Waals surface area contributed by atoms with E-state index in [0.29, 0.717) is 22.0 Å². The van der Waals surface area contributed by atoms with Crippen LogP contribution in [0.15, 0.2) is 18.2 Å². The lowest BCUT2D eigenvalue weighted by molar-refractivity contribution is -0.113. The lowest BCUT2D eigenvalue weighted by Gasteiger charge is -2.08. The Labute approximate surface area is 109 Å². The number of benzene rings is 1. The summed E-state index contributed by atoms with van der Waals surface area (Å²) in [5, 5.41) is 3.17. The molecule has 1 aromatic rings. The molecule has 0 saturated heterocycles. The second-order valence-corrected chi connectivity index (χ2v) is 4.75. The van der Waals surface area contributed by atoms with Crippen LogP contribution in [0.3, 0.4) is 0 Å². The fourth-order valence-corrected chi connectivity index (χ4v) is 1.72. The summed E-state index contributed by atoms with van der Waals surface area (Å²) in [7, 11) is 0. The molecule has 0 bridgehead atoms. The lowest BCUT2D eigenvalue weighted by Crippen LogP contribution is -2.15. The van der Waals surface area contributed by atoms with Crippen molar-refractivity contribution >= 4 is 52.2 Å². The zero-order chi connectivity index (χ0) is 12.1. The molecule has 1 amide bonds. The fraction of sp³-hybridized carbons (Fsp3) is 0.200. The first-order chi connectivity index (χ1) is 7.54. The van der Waals surface area contributed by atoms with Gasteiger partial charge in [-0.1, -0.05) is 29.9 Å². The van der Waals surface area contributed by atoms with E-state index in [9.17, 15) is 4.79 Å². The molecule has 0 aliphatic rings. The van der Waals surface area contributed by atoms with E-state index >= 15 is 0 Å². The summed E-state index contributed by atoms with van der Waals surface area (Å²) >= 11 is 12.2. The molecular formula is C10H11ClN2OS2. The summed E-state index contributed by atoms with van der Waals surface area (Å²) in [4.78, 5) is 11.7. The monoisotopic (exact) mass is 274 g/mol. The molecule has 1 aromatic carbocycles. The molecule has 0 unspecified atom stereocenters. The van der Waals surface area contributed by atoms with E-state index in [1.807, 2.05) is 6.26 Å². The highest BCUT2D eigenvalue weighted by Crippen LogP contribution is 2.23. The minimum absolute atomic E-state index is 0.102. The molecule has 0 aliphatic heterocycles. The van der Waals surface area contributed by atoms with E-state index in [4.69, 9.17) is 29.6 Å². The smallest absolute Gasteiger partial charge is 0.234 e. The van der Waals surface area contributed by atoms with E-state index in [1.54, 1.807) is 18.2 Å². The zero-order valence-corrected chi connectivity index (χ0v) is 11.0. The van der Waals surface area contributed by atoms with Gasteiger partial charge < -0.3 is 11.1 Å². The third-order valence-corrected chi connectivity index (χ3v) is 2.92. The van der Waals surface area contributed by atoms with Gasteiger partial charge in [0.15, 0.2) is 0 Å². The maximum Gasteiger partial charge on any atom is 0.234 e. The summed E-state index contributed by atoms with van der Waals surface area (Å²) in [6.07, 6.45) is 1.85. The standard InChI is InChI=1S/C10H11ClN2OS2/c1-16-5-9(14)13-8-4-6(10(12)15)2-3-7(8)11/h2-4H,5H2,1H3,(H2,12,15)(H,13,14). The highest BCUT2D eigenvalue weighted by Gasteiger charge is 2.07. The maximum absolute atomic E-state index is 11.4. The first-order valence-electron chi connectivity index (χ1n) is 4.42. The number of amides is 1. The van der Waals surface area contributed by atoms with Gasteiger partial charge in [-0.25, -0.2) is 0 Å². The van der Waals surface area contributed by atoms with Gasteiger partial charge in [-0.3, -0.25) is 4.79 Å². The summed E-state index contributed by atoms with van der Waals surface area (Å²) in [6, 6.07) is 5.04. The molecule has 3 N–H and O–H groups in total. The molecule has 0 saturated carbocycles. The van der Waals surface area contributed by atoms with Crippen molar-refractivity contribution in [2.45, 2.75) is 0 Å². The van der Waals surface area contributed by atoms with Gasteiger partial charge in [-0.2, -0.15) is 11.8 Å². The minimum Gasteiger partial charge on any atom is -0.389 e. The van der Waals surface area contributed by atoms with Crippen LogP contribution in [0, 0.1) is 0 Å². The molecule has 0 atom stereocenters. The normalized spacial score (nSPS) is 9.88. The molecule has 86 valence electrons. The number of thioether (sulfide) groups is 1. The van der Waals surface area contributed by atoms with Gasteiger partial charge in [-0.05, 0) is 18.4 Å². The third kappa shape index (κ3) is 3.66. The molecule has 0 spiro atoms. The van der Waals surface area contributed by atoms with Crippen molar-refractivity contribution in [3.05, 3.63) is 28.8 Å². The largest absolute Gasteiger partial charge is 0.389 e. The van der Waals surface area contributed by atoms with Gasteiger partial charge in [0.25, 0.3) is 0 Å². The Morgan fingerprint density at radius 2 is 2.31 bits per heavy atom. The van der Waals surface area contributed by atoms with Gasteiger partial charge in [0.2, 0.25) is 5.91 Å². The van der Waals surface area contributed by atoms with Crippen molar-refractivity contribution in [3.8, 4) is 0 Å². The number of halogens is 1. The van der Waals surface area contributed by atoms with Crippen molar-refractivity contribution in [2.75, 3.05) is 17.3 Å². The zero-order valence-electron chi connectivity index (χ0n) is 8.62. The molecule has 0 radical (unpaired) electrons. The van der Waals surface area contributed by atoms with Crippen LogP contribution in [0.25, 0.3) is 0 Å². The highest BCUT2D eigenvalue weighted by atomic mass is 35.5. The molecule has 1 rings (SSSR count). The Morgan fingerprint density at radius 1 is 1.62 bits per heavy atom. The second kappa shape index (κ2) is 6.08. The van der Waals surface area contributed by atoms with Crippen molar-refractivity contribution in [3.63, 3.8) is 0 Å². The number of nitrogens with two attached hydrogens (primary N) is 1. The summed E-state index contributed by atoms with van der Waals surface area (Å²) in [5.74, 6) is 0.280. The van der Waals surface area contributed by atoms with Crippen molar-refractivity contribution in [1.82, 2.24) is 0 Å². The lowest BCUT2D eigenvalue weighted by atomic mass is 10.2. The Hall–Kier alpha value is -0.780. The number of hydrogen-bond donors (Lipinski definition) is 2. The van der Waals surface area contributed by atoms with Gasteiger partial charge >= 0.3 is 0 Å². The average molecular weight is 275 g/mol. The van der Waals surface area contributed by atoms with Crippen LogP contribution in [-0.4, -0.2) is 22.9 Å². The van der Waals surface area contributed by atoms with Gasteiger partial charge in [0.05, 0.1) is 16.5 Å². The number of carbonyl (C=O) groups excluding carboxylic acids is 1. The fourth-order valence-electron chi connectivity index (χ4n) is 1.09. The predicted molar refractivity (Wildman–Crippen MR) is 74.4 cm³/mol. The van der Waals surface area contributed by atoms with Crippen LogP contribution in [0.4, 0.5) is 5.69 Å². The predicted octanol–water partition coefficient (Wildman–Crippen LogP) is 2.28. The van der Waals surface area contributed by atoms with Crippen LogP contribution >= 0.6 is 35.6 Å². The van der Waals surface area contributed by atoms with E-state index in [1.165, 1.54) is 11.8 Å². The summed E-state index contributed by atoms with van der Waals surface area (Å²) in [6.45, 7) is 0. The number of carbonyl (C=O) groups is 1. The topological polar surface area (TPSA) is 55.1 Å². The number of hydrogen-bond acceptors (Lipinski definition) is 3. The van der Waals surface area contributed by atoms with E-state index in [0.717, 1.165) is 0 Å². The second-order valence-electron chi connectivity index (χ2n) is 3.04. The van der Waals surface area contributed by atoms with Crippen LogP contribution < -0.4 is 11.1 Å². The van der Waals surface area contributed by atoms with Crippen LogP contribution in [0.1, 0.15) is 5.56 Å². The molecule has 3 nitrogen and oxygen atoms in total. The Bertz CT molecular complexity index is 423. The van der Waals surface area contributed by atoms with Crippen LogP contribution in [0.5, 0.6) is 0 Å². The highest BCUT2D eigenvalue weighted by molar-refractivity contribution is 7.99. The summed E-state index contributed by atoms with van der Waals surface area (Å²) in [5.41, 5.74) is 6.71. The maximum atomic E-state index is 11.4. The Balaban J connectivity index is 2.90. The van der Waals surface area contributed by atoms with E-state index in [2.05, 4.69) is 5.32 Å². The van der Waals surface area contributed by atoms with Crippen LogP contribution in [-0.2, 0) is 4.79 Å². The molecular weight excluding hydrogens is 264 g/mol. The number of anilines is 1. The molecule has 6 heteroatoms. The third-order valence-electron chi connectivity index (χ3n) is 1.80. The van der Waals surface area contributed by atoms with Crippen molar-refractivity contribution in [1.29, 1.82) is 0 Å². The first-order valence-corrected chi connectivity index (χ1v) is 6.60. The van der Waals surface area contributed by atoms with E-state index in [-0.39, 0.29) is 10.9 Å². The Kier molecular flexibility index (Phi) is 5.05. The van der Waals surface area contributed by atoms with Gasteiger partial charge in [-0.15, -0.1) is 0 Å². The number of rotatable bonds is 4. The van der Waals surface area contributed by atoms with Gasteiger partial charge in [0, 0.05) is 5.56 Å². The van der Waals surface area contributed by atoms with E-state index < -0.39 is 0 Å². The van der Waals surface area contributed by atoms with Crippen molar-refractivity contribution in [2.24, 2.45) is 5.73 Å². The molecule has 0 fully saturated rings. The molecule has 0 heterocycles. The first kappa shape index (κ1) is 13.3. The SMILES string of the molecule is CSCC(=O)Nc1cc(C(N)=S)ccc1Cl.